The van der Waals surface area contributed by atoms with Gasteiger partial charge < -0.3 is 25.0 Å². The Bertz CT molecular complexity index is 1720. The van der Waals surface area contributed by atoms with Gasteiger partial charge >= 0.3 is 0 Å². The van der Waals surface area contributed by atoms with Crippen LogP contribution in [-0.4, -0.2) is 34.8 Å². The number of amides is 1. The molecule has 1 heterocycles. The maximum absolute atomic E-state index is 14.9. The molecule has 0 bridgehead atoms. The number of fused-ring (bicyclic) bond motifs is 4. The first-order valence-corrected chi connectivity index (χ1v) is 12.4. The molecule has 10 heteroatoms. The van der Waals surface area contributed by atoms with Crippen molar-refractivity contribution in [2.75, 3.05) is 7.11 Å². The van der Waals surface area contributed by atoms with Gasteiger partial charge in [-0.3, -0.25) is 14.4 Å². The van der Waals surface area contributed by atoms with Gasteiger partial charge in [-0.2, -0.15) is 0 Å². The number of benzene rings is 3. The highest BCUT2D eigenvalue weighted by atomic mass is 19.1. The first-order chi connectivity index (χ1) is 18.9. The first kappa shape index (κ1) is 26.9. The molecule has 0 radical (unpaired) electrons. The number of aliphatic hydroxyl groups excluding tert-OH is 1. The Morgan fingerprint density at radius 1 is 1.15 bits per heavy atom. The maximum atomic E-state index is 14.9. The minimum Gasteiger partial charge on any atom is -0.507 e. The van der Waals surface area contributed by atoms with Crippen LogP contribution in [0.3, 0.4) is 0 Å². The van der Waals surface area contributed by atoms with E-state index in [-0.39, 0.29) is 40.3 Å². The number of phenolic OH excluding ortho intramolecular Hbond substituents is 1. The first-order valence-electron chi connectivity index (χ1n) is 12.4. The van der Waals surface area contributed by atoms with Crippen LogP contribution >= 0.6 is 0 Å². The molecule has 40 heavy (non-hydrogen) atoms. The van der Waals surface area contributed by atoms with Crippen LogP contribution in [0.1, 0.15) is 47.8 Å². The molecule has 206 valence electrons. The van der Waals surface area contributed by atoms with Gasteiger partial charge in [0.15, 0.2) is 17.3 Å². The number of phenols is 1. The Balaban J connectivity index is 1.60. The van der Waals surface area contributed by atoms with Crippen molar-refractivity contribution in [3.63, 3.8) is 0 Å². The van der Waals surface area contributed by atoms with Gasteiger partial charge in [-0.25, -0.2) is 8.78 Å². The molecule has 1 aliphatic carbocycles. The van der Waals surface area contributed by atoms with E-state index in [4.69, 9.17) is 9.47 Å². The van der Waals surface area contributed by atoms with Gasteiger partial charge in [0.25, 0.3) is 5.91 Å². The summed E-state index contributed by atoms with van der Waals surface area (Å²) in [6.45, 7) is 4.27. The molecular weight excluding hydrogens is 524 g/mol. The summed E-state index contributed by atoms with van der Waals surface area (Å²) >= 11 is 0. The average Bonchev–Trinajstić information content (AvgIpc) is 3.19. The summed E-state index contributed by atoms with van der Waals surface area (Å²) < 4.78 is 40.0. The quantitative estimate of drug-likeness (QED) is 0.376. The SMILES string of the molecule is CCc1ccc2cc(F)cc(F)c2c1CNC(=O)c1c(OC)cc(O)c2c1OC1=CC(O)=C(C(C)=O)C(=O)[C@]12C. The van der Waals surface area contributed by atoms with Crippen molar-refractivity contribution < 1.29 is 42.9 Å². The van der Waals surface area contributed by atoms with Crippen LogP contribution in [0.5, 0.6) is 17.2 Å². The van der Waals surface area contributed by atoms with Crippen molar-refractivity contribution in [3.05, 3.63) is 87.4 Å². The van der Waals surface area contributed by atoms with E-state index < -0.39 is 51.6 Å². The van der Waals surface area contributed by atoms with Crippen LogP contribution in [0, 0.1) is 11.6 Å². The van der Waals surface area contributed by atoms with Gasteiger partial charge in [0.1, 0.15) is 51.2 Å². The minimum absolute atomic E-state index is 0.0677. The van der Waals surface area contributed by atoms with Gasteiger partial charge in [-0.05, 0) is 42.8 Å². The van der Waals surface area contributed by atoms with E-state index in [1.54, 1.807) is 12.1 Å². The highest BCUT2D eigenvalue weighted by Gasteiger charge is 2.55. The number of ketones is 2. The smallest absolute Gasteiger partial charge is 0.259 e. The highest BCUT2D eigenvalue weighted by Crippen LogP contribution is 2.56. The zero-order valence-electron chi connectivity index (χ0n) is 22.1. The van der Waals surface area contributed by atoms with Crippen LogP contribution in [0.4, 0.5) is 8.78 Å². The number of hydrogen-bond donors (Lipinski definition) is 3. The lowest BCUT2D eigenvalue weighted by atomic mass is 9.71. The fourth-order valence-corrected chi connectivity index (χ4v) is 5.51. The zero-order valence-corrected chi connectivity index (χ0v) is 22.1. The van der Waals surface area contributed by atoms with Gasteiger partial charge in [0.05, 0.1) is 12.7 Å². The molecule has 0 unspecified atom stereocenters. The van der Waals surface area contributed by atoms with Gasteiger partial charge in [0.2, 0.25) is 0 Å². The molecule has 0 aromatic heterocycles. The molecule has 1 aliphatic heterocycles. The van der Waals surface area contributed by atoms with E-state index in [0.29, 0.717) is 17.4 Å². The molecule has 1 atom stereocenters. The van der Waals surface area contributed by atoms with Gasteiger partial charge in [0, 0.05) is 30.1 Å². The lowest BCUT2D eigenvalue weighted by Crippen LogP contribution is -2.38. The van der Waals surface area contributed by atoms with Gasteiger partial charge in [-0.1, -0.05) is 19.1 Å². The van der Waals surface area contributed by atoms with Crippen LogP contribution in [0.15, 0.2) is 53.5 Å². The summed E-state index contributed by atoms with van der Waals surface area (Å²) in [6, 6.07) is 6.49. The molecular formula is C30H25F2NO7. The van der Waals surface area contributed by atoms with E-state index in [1.807, 2.05) is 6.92 Å². The predicted octanol–water partition coefficient (Wildman–Crippen LogP) is 4.84. The Labute approximate surface area is 227 Å². The summed E-state index contributed by atoms with van der Waals surface area (Å²) in [5.41, 5.74) is -1.18. The number of nitrogens with one attached hydrogen (secondary N) is 1. The van der Waals surface area contributed by atoms with Gasteiger partial charge in [-0.15, -0.1) is 0 Å². The van der Waals surface area contributed by atoms with Crippen LogP contribution < -0.4 is 14.8 Å². The summed E-state index contributed by atoms with van der Waals surface area (Å²) in [6.07, 6.45) is 1.62. The summed E-state index contributed by atoms with van der Waals surface area (Å²) in [5, 5.41) is 24.5. The Morgan fingerprint density at radius 2 is 1.88 bits per heavy atom. The summed E-state index contributed by atoms with van der Waals surface area (Å²) in [5.74, 6) is -5.04. The molecule has 3 aromatic carbocycles. The van der Waals surface area contributed by atoms with Crippen molar-refractivity contribution in [1.82, 2.24) is 5.32 Å². The Kier molecular flexibility index (Phi) is 6.36. The third-order valence-electron chi connectivity index (χ3n) is 7.48. The number of halogens is 2. The molecule has 0 fully saturated rings. The fourth-order valence-electron chi connectivity index (χ4n) is 5.51. The standard InChI is InChI=1S/C30H25F2NO7/c1-5-14-6-7-15-8-16(31)9-18(32)24(15)17(14)12-33-29(38)25-21(39-4)10-20(36)26-27(25)40-22-11-19(35)23(13(2)34)28(37)30(22,26)3/h6-11,35-36H,5,12H2,1-4H3,(H,33,38)/t30-/m1/s1. The lowest BCUT2D eigenvalue weighted by Gasteiger charge is -2.27. The molecule has 3 aromatic rings. The topological polar surface area (TPSA) is 122 Å². The van der Waals surface area contributed by atoms with E-state index in [1.165, 1.54) is 20.1 Å². The molecule has 1 amide bonds. The number of aromatic hydroxyl groups is 1. The Morgan fingerprint density at radius 3 is 2.52 bits per heavy atom. The number of methoxy groups -OCH3 is 1. The normalized spacial score (nSPS) is 17.8. The molecule has 2 aliphatic rings. The number of aliphatic hydroxyl groups is 1. The predicted molar refractivity (Wildman–Crippen MR) is 140 cm³/mol. The van der Waals surface area contributed by atoms with Crippen molar-refractivity contribution in [2.24, 2.45) is 0 Å². The minimum atomic E-state index is -1.70. The number of carbonyl (C=O) groups is 3. The fraction of sp³-hybridized carbons (Fsp3) is 0.233. The molecule has 0 saturated heterocycles. The number of Topliss-reactive ketones (excluding diaryl/α,β-unsaturated/α-hetero) is 2. The molecule has 3 N–H and O–H groups in total. The molecule has 5 rings (SSSR count). The van der Waals surface area contributed by atoms with E-state index >= 15 is 0 Å². The molecule has 8 nitrogen and oxygen atoms in total. The number of aryl methyl sites for hydroxylation is 1. The van der Waals surface area contributed by atoms with Crippen LogP contribution in [0.25, 0.3) is 10.8 Å². The van der Waals surface area contributed by atoms with E-state index in [9.17, 15) is 33.4 Å². The third kappa shape index (κ3) is 3.82. The Hall–Kier alpha value is -4.73. The number of rotatable bonds is 6. The van der Waals surface area contributed by atoms with Crippen molar-refractivity contribution in [2.45, 2.75) is 39.2 Å². The second-order valence-electron chi connectivity index (χ2n) is 9.78. The largest absolute Gasteiger partial charge is 0.507 e. The van der Waals surface area contributed by atoms with E-state index in [0.717, 1.165) is 30.7 Å². The average molecular weight is 550 g/mol. The van der Waals surface area contributed by atoms with E-state index in [2.05, 4.69) is 5.32 Å². The summed E-state index contributed by atoms with van der Waals surface area (Å²) in [7, 11) is 1.27. The van der Waals surface area contributed by atoms with Crippen molar-refractivity contribution in [3.8, 4) is 17.2 Å². The highest BCUT2D eigenvalue weighted by molar-refractivity contribution is 6.25. The number of hydrogen-bond acceptors (Lipinski definition) is 7. The van der Waals surface area contributed by atoms with Crippen LogP contribution in [-0.2, 0) is 28.0 Å². The van der Waals surface area contributed by atoms with Crippen molar-refractivity contribution >= 4 is 28.2 Å². The lowest BCUT2D eigenvalue weighted by molar-refractivity contribution is -0.123. The number of carbonyl (C=O) groups excluding carboxylic acids is 3. The molecule has 0 spiro atoms. The molecule has 0 saturated carbocycles. The van der Waals surface area contributed by atoms with Crippen LogP contribution in [0.2, 0.25) is 0 Å². The zero-order chi connectivity index (χ0) is 29.1. The number of ether oxygens (including phenoxy) is 2. The second-order valence-corrected chi connectivity index (χ2v) is 9.78. The second kappa shape index (κ2) is 9.48. The monoisotopic (exact) mass is 549 g/mol. The van der Waals surface area contributed by atoms with Crippen molar-refractivity contribution in [1.29, 1.82) is 0 Å². The third-order valence-corrected chi connectivity index (χ3v) is 7.48. The number of allylic oxidation sites excluding steroid dienone is 3. The maximum Gasteiger partial charge on any atom is 0.259 e. The summed E-state index contributed by atoms with van der Waals surface area (Å²) in [4.78, 5) is 39.2.